The Balaban J connectivity index is 1.39. The van der Waals surface area contributed by atoms with Crippen LogP contribution in [0.1, 0.15) is 36.8 Å². The fourth-order valence-electron chi connectivity index (χ4n) is 4.49. The average molecular weight is 414 g/mol. The quantitative estimate of drug-likeness (QED) is 0.653. The van der Waals surface area contributed by atoms with Gasteiger partial charge in [-0.25, -0.2) is 9.78 Å². The van der Waals surface area contributed by atoms with Crippen molar-refractivity contribution < 1.29 is 9.59 Å². The Bertz CT molecular complexity index is 834. The van der Waals surface area contributed by atoms with Gasteiger partial charge in [-0.05, 0) is 44.2 Å². The highest BCUT2D eigenvalue weighted by Gasteiger charge is 2.57. The number of carbonyl (C=O) groups is 2. The van der Waals surface area contributed by atoms with Crippen LogP contribution in [0.15, 0.2) is 36.1 Å². The lowest BCUT2D eigenvalue weighted by Gasteiger charge is -2.41. The fraction of sp³-hybridized carbons (Fsp3) is 0.524. The number of nitrogens with zero attached hydrogens (tertiary/aromatic N) is 5. The third kappa shape index (κ3) is 3.91. The molecule has 0 unspecified atom stereocenters. The van der Waals surface area contributed by atoms with Crippen LogP contribution in [0.5, 0.6) is 0 Å². The van der Waals surface area contributed by atoms with Crippen LogP contribution >= 0.6 is 11.3 Å². The Kier molecular flexibility index (Phi) is 5.91. The molecule has 0 saturated carbocycles. The number of thiazole rings is 1. The molecule has 7 nitrogen and oxygen atoms in total. The number of hydrogen-bond donors (Lipinski definition) is 0. The van der Waals surface area contributed by atoms with Crippen LogP contribution in [0.25, 0.3) is 0 Å². The summed E-state index contributed by atoms with van der Waals surface area (Å²) in [6, 6.07) is 3.81. The largest absolute Gasteiger partial charge is 0.327 e. The Labute approximate surface area is 175 Å². The summed E-state index contributed by atoms with van der Waals surface area (Å²) in [5, 5.41) is 3.08. The molecule has 2 aromatic rings. The van der Waals surface area contributed by atoms with Gasteiger partial charge in [0.1, 0.15) is 10.5 Å². The van der Waals surface area contributed by atoms with E-state index in [0.29, 0.717) is 25.9 Å². The topological polar surface area (TPSA) is 69.6 Å². The molecule has 8 heteroatoms. The molecule has 0 N–H and O–H groups in total. The molecule has 2 aliphatic rings. The van der Waals surface area contributed by atoms with Crippen molar-refractivity contribution in [3.8, 4) is 0 Å². The van der Waals surface area contributed by atoms with Crippen molar-refractivity contribution in [3.05, 3.63) is 46.7 Å². The van der Waals surface area contributed by atoms with Crippen molar-refractivity contribution in [1.82, 2.24) is 24.7 Å². The minimum Gasteiger partial charge on any atom is -0.310 e. The minimum absolute atomic E-state index is 0.00978. The molecule has 0 atom stereocenters. The number of hydrogen-bond acceptors (Lipinski definition) is 6. The summed E-state index contributed by atoms with van der Waals surface area (Å²) in [6.07, 6.45) is 8.36. The number of imide groups is 1. The van der Waals surface area contributed by atoms with Gasteiger partial charge in [-0.15, -0.1) is 11.3 Å². The highest BCUT2D eigenvalue weighted by atomic mass is 32.1. The Morgan fingerprint density at radius 2 is 2.03 bits per heavy atom. The summed E-state index contributed by atoms with van der Waals surface area (Å²) < 4.78 is 0. The third-order valence-electron chi connectivity index (χ3n) is 6.03. The van der Waals surface area contributed by atoms with Gasteiger partial charge in [-0.2, -0.15) is 0 Å². The lowest BCUT2D eigenvalue weighted by atomic mass is 9.86. The van der Waals surface area contributed by atoms with Crippen molar-refractivity contribution in [2.75, 3.05) is 26.2 Å². The number of carbonyl (C=O) groups excluding carboxylic acids is 2. The molecule has 0 aliphatic carbocycles. The summed E-state index contributed by atoms with van der Waals surface area (Å²) in [5.74, 6) is -0.00978. The van der Waals surface area contributed by atoms with E-state index in [9.17, 15) is 9.59 Å². The van der Waals surface area contributed by atoms with E-state index in [4.69, 9.17) is 0 Å². The van der Waals surface area contributed by atoms with Gasteiger partial charge in [0.05, 0.1) is 6.54 Å². The second-order valence-corrected chi connectivity index (χ2v) is 8.66. The van der Waals surface area contributed by atoms with Gasteiger partial charge in [-0.3, -0.25) is 19.6 Å². The highest BCUT2D eigenvalue weighted by Crippen LogP contribution is 2.37. The summed E-state index contributed by atoms with van der Waals surface area (Å²) in [4.78, 5) is 40.5. The molecule has 2 saturated heterocycles. The SMILES string of the molecule is CCN1C(=O)N(CCCc2cccnc2)C(=O)C12CCN(Cc1nccs1)CC2. The van der Waals surface area contributed by atoms with Crippen LogP contribution in [0.2, 0.25) is 0 Å². The van der Waals surface area contributed by atoms with Crippen LogP contribution in [0.4, 0.5) is 4.79 Å². The van der Waals surface area contributed by atoms with Crippen molar-refractivity contribution >= 4 is 23.3 Å². The van der Waals surface area contributed by atoms with E-state index in [1.165, 1.54) is 4.90 Å². The lowest BCUT2D eigenvalue weighted by Crippen LogP contribution is -2.56. The lowest BCUT2D eigenvalue weighted by molar-refractivity contribution is -0.135. The van der Waals surface area contributed by atoms with E-state index in [1.54, 1.807) is 22.4 Å². The minimum atomic E-state index is -0.667. The number of amides is 3. The number of likely N-dealkylation sites (tertiary alicyclic amines) is 1. The highest BCUT2D eigenvalue weighted by molar-refractivity contribution is 7.09. The monoisotopic (exact) mass is 413 g/mol. The van der Waals surface area contributed by atoms with Crippen molar-refractivity contribution in [2.24, 2.45) is 0 Å². The second-order valence-electron chi connectivity index (χ2n) is 7.68. The predicted molar refractivity (Wildman–Crippen MR) is 111 cm³/mol. The number of rotatable bonds is 7. The summed E-state index contributed by atoms with van der Waals surface area (Å²) in [6.45, 7) is 5.42. The van der Waals surface area contributed by atoms with Gasteiger partial charge in [-0.1, -0.05) is 6.07 Å². The molecule has 29 heavy (non-hydrogen) atoms. The number of pyridine rings is 1. The third-order valence-corrected chi connectivity index (χ3v) is 6.80. The molecule has 0 bridgehead atoms. The molecule has 4 rings (SSSR count). The molecule has 2 fully saturated rings. The van der Waals surface area contributed by atoms with Gasteiger partial charge >= 0.3 is 6.03 Å². The smallest absolute Gasteiger partial charge is 0.310 e. The Hall–Kier alpha value is -2.32. The second kappa shape index (κ2) is 8.59. The molecular weight excluding hydrogens is 386 g/mol. The molecule has 4 heterocycles. The van der Waals surface area contributed by atoms with Crippen LogP contribution < -0.4 is 0 Å². The first-order valence-electron chi connectivity index (χ1n) is 10.3. The standard InChI is InChI=1S/C21H27N5O2S/c1-2-26-20(28)25(11-4-6-17-5-3-9-22-15-17)19(27)21(26)7-12-24(13-8-21)16-18-23-10-14-29-18/h3,5,9-10,14-15H,2,4,6-8,11-13,16H2,1H3. The van der Waals surface area contributed by atoms with Crippen LogP contribution in [0, 0.1) is 0 Å². The van der Waals surface area contributed by atoms with Crippen molar-refractivity contribution in [2.45, 2.75) is 44.7 Å². The van der Waals surface area contributed by atoms with Gasteiger partial charge in [0.15, 0.2) is 0 Å². The van der Waals surface area contributed by atoms with E-state index in [-0.39, 0.29) is 11.9 Å². The van der Waals surface area contributed by atoms with Crippen LogP contribution in [-0.2, 0) is 17.8 Å². The van der Waals surface area contributed by atoms with Crippen molar-refractivity contribution in [1.29, 1.82) is 0 Å². The molecule has 1 spiro atoms. The van der Waals surface area contributed by atoms with E-state index in [2.05, 4.69) is 14.9 Å². The normalized spacial score (nSPS) is 19.5. The fourth-order valence-corrected chi connectivity index (χ4v) is 5.15. The van der Waals surface area contributed by atoms with E-state index >= 15 is 0 Å². The maximum Gasteiger partial charge on any atom is 0.327 e. The van der Waals surface area contributed by atoms with Gasteiger partial charge in [0.25, 0.3) is 5.91 Å². The predicted octanol–water partition coefficient (Wildman–Crippen LogP) is 2.79. The summed E-state index contributed by atoms with van der Waals surface area (Å²) >= 11 is 1.66. The van der Waals surface area contributed by atoms with Crippen LogP contribution in [0.3, 0.4) is 0 Å². The number of aryl methyl sites for hydroxylation is 1. The Morgan fingerprint density at radius 3 is 2.69 bits per heavy atom. The molecule has 0 aromatic carbocycles. The first kappa shape index (κ1) is 20.0. The first-order chi connectivity index (χ1) is 14.1. The number of likely N-dealkylation sites (N-methyl/N-ethyl adjacent to an activating group) is 1. The molecule has 2 aromatic heterocycles. The maximum absolute atomic E-state index is 13.4. The molecule has 2 aliphatic heterocycles. The number of aromatic nitrogens is 2. The Morgan fingerprint density at radius 1 is 1.21 bits per heavy atom. The molecule has 3 amide bonds. The van der Waals surface area contributed by atoms with Gasteiger partial charge < -0.3 is 4.90 Å². The van der Waals surface area contributed by atoms with E-state index in [0.717, 1.165) is 43.0 Å². The first-order valence-corrected chi connectivity index (χ1v) is 11.2. The molecule has 154 valence electrons. The summed E-state index contributed by atoms with van der Waals surface area (Å²) in [7, 11) is 0. The molecular formula is C21H27N5O2S. The van der Waals surface area contributed by atoms with Crippen molar-refractivity contribution in [3.63, 3.8) is 0 Å². The zero-order chi connectivity index (χ0) is 20.3. The maximum atomic E-state index is 13.4. The number of urea groups is 1. The summed E-state index contributed by atoms with van der Waals surface area (Å²) in [5.41, 5.74) is 0.462. The zero-order valence-electron chi connectivity index (χ0n) is 16.8. The van der Waals surface area contributed by atoms with E-state index in [1.807, 2.05) is 36.8 Å². The zero-order valence-corrected chi connectivity index (χ0v) is 17.6. The van der Waals surface area contributed by atoms with Crippen LogP contribution in [-0.4, -0.2) is 68.3 Å². The molecule has 0 radical (unpaired) electrons. The van der Waals surface area contributed by atoms with Gasteiger partial charge in [0.2, 0.25) is 0 Å². The van der Waals surface area contributed by atoms with E-state index < -0.39 is 5.54 Å². The number of piperidine rings is 1. The average Bonchev–Trinajstić information content (AvgIpc) is 3.32. The van der Waals surface area contributed by atoms with Gasteiger partial charge in [0, 0.05) is 50.1 Å².